The van der Waals surface area contributed by atoms with Crippen LogP contribution in [-0.2, 0) is 14.4 Å². The van der Waals surface area contributed by atoms with E-state index in [2.05, 4.69) is 17.7 Å². The van der Waals surface area contributed by atoms with E-state index in [1.54, 1.807) is 0 Å². The molecule has 4 heterocycles. The molecule has 34 heavy (non-hydrogen) atoms. The maximum absolute atomic E-state index is 12.8. The minimum atomic E-state index is -3.16. The third-order valence-corrected chi connectivity index (χ3v) is 9.19. The lowest BCUT2D eigenvalue weighted by atomic mass is 9.78. The molecule has 192 valence electrons. The van der Waals surface area contributed by atoms with Gasteiger partial charge in [-0.3, -0.25) is 9.59 Å². The molecule has 0 aromatic carbocycles. The summed E-state index contributed by atoms with van der Waals surface area (Å²) in [5.74, 6) is -3.96. The lowest BCUT2D eigenvalue weighted by molar-refractivity contribution is -0.898. The smallest absolute Gasteiger partial charge is 0.353 e. The van der Waals surface area contributed by atoms with Crippen LogP contribution in [0.5, 0.6) is 0 Å². The number of thioether (sulfide) groups is 1. The number of aliphatic carboxylic acids is 1. The molecule has 0 radical (unpaired) electrons. The van der Waals surface area contributed by atoms with Gasteiger partial charge in [-0.15, -0.1) is 11.8 Å². The largest absolute Gasteiger partial charge is 1.00 e. The number of fused-ring (bicyclic) bond motifs is 1. The van der Waals surface area contributed by atoms with Crippen molar-refractivity contribution in [2.45, 2.75) is 62.9 Å². The molecule has 3 saturated heterocycles. The van der Waals surface area contributed by atoms with Crippen molar-refractivity contribution in [3.8, 4) is 0 Å². The summed E-state index contributed by atoms with van der Waals surface area (Å²) in [4.78, 5) is 38.3. The number of likely N-dealkylation sites (N-methyl/N-ethyl adjacent to an activating group) is 1. The zero-order valence-electron chi connectivity index (χ0n) is 19.6. The van der Waals surface area contributed by atoms with E-state index in [-0.39, 0.29) is 40.8 Å². The number of likely N-dealkylation sites (tertiary alicyclic amines) is 1. The number of carboxylic acids is 1. The first-order valence-corrected chi connectivity index (χ1v) is 12.5. The second-order valence-electron chi connectivity index (χ2n) is 10.2. The molecule has 12 heteroatoms. The summed E-state index contributed by atoms with van der Waals surface area (Å²) in [6.07, 6.45) is 0.295. The van der Waals surface area contributed by atoms with Crippen molar-refractivity contribution in [2.75, 3.05) is 33.2 Å². The molecule has 3 fully saturated rings. The van der Waals surface area contributed by atoms with E-state index in [0.29, 0.717) is 10.9 Å². The number of β-lactam (4-membered cyclic amide) rings is 1. The van der Waals surface area contributed by atoms with Gasteiger partial charge in [0.1, 0.15) is 5.70 Å². The number of amides is 2. The lowest BCUT2D eigenvalue weighted by Gasteiger charge is -2.47. The van der Waals surface area contributed by atoms with Gasteiger partial charge in [-0.25, -0.2) is 4.79 Å². The van der Waals surface area contributed by atoms with Crippen LogP contribution in [0.1, 0.15) is 33.1 Å². The molecule has 0 aromatic rings. The first-order chi connectivity index (χ1) is 15.5. The van der Waals surface area contributed by atoms with Crippen molar-refractivity contribution in [2.24, 2.45) is 11.8 Å². The van der Waals surface area contributed by atoms with Gasteiger partial charge in [0.25, 0.3) is 5.91 Å². The molecule has 2 unspecified atom stereocenters. The van der Waals surface area contributed by atoms with Crippen LogP contribution in [0.15, 0.2) is 10.6 Å². The van der Waals surface area contributed by atoms with Gasteiger partial charge < -0.3 is 49.1 Å². The zero-order valence-corrected chi connectivity index (χ0v) is 22.6. The number of hydrogen-bond acceptors (Lipinski definition) is 5. The molecular formula is C22H33F2IN4O4S. The minimum Gasteiger partial charge on any atom is -1.00 e. The fraction of sp³-hybridized carbons (Fsp3) is 0.773. The van der Waals surface area contributed by atoms with Gasteiger partial charge in [0, 0.05) is 41.5 Å². The van der Waals surface area contributed by atoms with Crippen molar-refractivity contribution >= 4 is 29.5 Å². The van der Waals surface area contributed by atoms with E-state index >= 15 is 0 Å². The van der Waals surface area contributed by atoms with Crippen LogP contribution in [0.2, 0.25) is 0 Å². The molecule has 0 bridgehead atoms. The molecule has 0 aromatic heterocycles. The standard InChI is InChI=1S/C22H32F2N4O4S.HI/c1-11-16-15(12(2)26-20(29)19(23)24)21(30)27(16)17(22(31)32)18(11)33-14-8-13(25-9-14)10-28(3)6-4-5-7-28;/h11-16,19,25H,4-10H2,1-3H3,(H-,26,29,31,32);1H/t11-,12?,13?,14+,15-,16-;/m1./s1. The zero-order chi connectivity index (χ0) is 24.1. The number of nitrogens with zero attached hydrogens (tertiary/aromatic N) is 2. The van der Waals surface area contributed by atoms with Crippen molar-refractivity contribution in [3.63, 3.8) is 0 Å². The Labute approximate surface area is 219 Å². The molecule has 0 spiro atoms. The van der Waals surface area contributed by atoms with E-state index in [4.69, 9.17) is 0 Å². The first kappa shape index (κ1) is 27.6. The number of hydrogen-bond donors (Lipinski definition) is 3. The van der Waals surface area contributed by atoms with Crippen LogP contribution in [-0.4, -0.2) is 95.3 Å². The number of carboxylic acid groups (broad SMARTS) is 1. The molecular weight excluding hydrogens is 581 g/mol. The van der Waals surface area contributed by atoms with Crippen LogP contribution in [0.3, 0.4) is 0 Å². The van der Waals surface area contributed by atoms with E-state index in [1.807, 2.05) is 6.92 Å². The van der Waals surface area contributed by atoms with Gasteiger partial charge in [-0.2, -0.15) is 8.78 Å². The van der Waals surface area contributed by atoms with Gasteiger partial charge in [-0.1, -0.05) is 6.92 Å². The Morgan fingerprint density at radius 2 is 1.97 bits per heavy atom. The predicted octanol–water partition coefficient (Wildman–Crippen LogP) is -1.76. The molecule has 4 rings (SSSR count). The van der Waals surface area contributed by atoms with Gasteiger partial charge >= 0.3 is 12.4 Å². The average Bonchev–Trinajstić information content (AvgIpc) is 3.41. The minimum absolute atomic E-state index is 0. The molecule has 6 atom stereocenters. The number of carbonyl (C=O) groups is 3. The van der Waals surface area contributed by atoms with Crippen molar-refractivity contribution in [1.82, 2.24) is 15.5 Å². The average molecular weight is 614 g/mol. The predicted molar refractivity (Wildman–Crippen MR) is 119 cm³/mol. The van der Waals surface area contributed by atoms with Crippen molar-refractivity contribution in [3.05, 3.63) is 10.6 Å². The van der Waals surface area contributed by atoms with E-state index in [1.165, 1.54) is 49.5 Å². The topological polar surface area (TPSA) is 98.7 Å². The van der Waals surface area contributed by atoms with Gasteiger partial charge in [0.2, 0.25) is 5.91 Å². The highest BCUT2D eigenvalue weighted by Crippen LogP contribution is 2.51. The third kappa shape index (κ3) is 5.10. The highest BCUT2D eigenvalue weighted by molar-refractivity contribution is 8.03. The van der Waals surface area contributed by atoms with Crippen LogP contribution < -0.4 is 34.6 Å². The Balaban J connectivity index is 0.00000324. The highest BCUT2D eigenvalue weighted by atomic mass is 127. The Morgan fingerprint density at radius 1 is 1.32 bits per heavy atom. The first-order valence-electron chi connectivity index (χ1n) is 11.6. The second-order valence-corrected chi connectivity index (χ2v) is 11.5. The fourth-order valence-electron chi connectivity index (χ4n) is 6.08. The summed E-state index contributed by atoms with van der Waals surface area (Å²) in [5, 5.41) is 15.9. The summed E-state index contributed by atoms with van der Waals surface area (Å²) in [6.45, 7) is 7.64. The van der Waals surface area contributed by atoms with Gasteiger partial charge in [-0.05, 0) is 13.3 Å². The van der Waals surface area contributed by atoms with Gasteiger partial charge in [0.05, 0.1) is 44.7 Å². The summed E-state index contributed by atoms with van der Waals surface area (Å²) < 4.78 is 26.4. The SMILES string of the molecule is CC(NC(=O)C(F)F)[C@H]1C(=O)N2C(C(=O)O)=C(S[C@@H]3CNC(C[N+]4(C)CCCC4)C3)[C@H](C)[C@H]12.[I-]. The van der Waals surface area contributed by atoms with E-state index < -0.39 is 42.2 Å². The Kier molecular flexibility index (Phi) is 8.56. The van der Waals surface area contributed by atoms with Crippen molar-refractivity contribution < 1.29 is 56.7 Å². The Hall–Kier alpha value is -0.990. The fourth-order valence-corrected chi connectivity index (χ4v) is 7.60. The Morgan fingerprint density at radius 3 is 2.56 bits per heavy atom. The molecule has 8 nitrogen and oxygen atoms in total. The van der Waals surface area contributed by atoms with Crippen molar-refractivity contribution in [1.29, 1.82) is 0 Å². The summed E-state index contributed by atoms with van der Waals surface area (Å²) in [7, 11) is 2.30. The Bertz CT molecular complexity index is 870. The van der Waals surface area contributed by atoms with E-state index in [0.717, 1.165) is 24.0 Å². The molecule has 2 amide bonds. The molecule has 0 saturated carbocycles. The molecule has 0 aliphatic carbocycles. The normalized spacial score (nSPS) is 32.9. The summed E-state index contributed by atoms with van der Waals surface area (Å²) in [6, 6.07) is -0.866. The third-order valence-electron chi connectivity index (χ3n) is 7.68. The monoisotopic (exact) mass is 614 g/mol. The second kappa shape index (κ2) is 10.6. The number of rotatable bonds is 8. The number of alkyl halides is 2. The lowest BCUT2D eigenvalue weighted by Crippen LogP contribution is -3.00. The number of carbonyl (C=O) groups excluding carboxylic acids is 2. The van der Waals surface area contributed by atoms with Gasteiger partial charge in [0.15, 0.2) is 0 Å². The maximum atomic E-state index is 12.8. The van der Waals surface area contributed by atoms with Crippen LogP contribution in [0.4, 0.5) is 8.78 Å². The molecule has 3 N–H and O–H groups in total. The summed E-state index contributed by atoms with van der Waals surface area (Å²) >= 11 is 1.53. The highest BCUT2D eigenvalue weighted by Gasteiger charge is 2.60. The summed E-state index contributed by atoms with van der Waals surface area (Å²) in [5.41, 5.74) is 0.00752. The number of quaternary nitrogens is 1. The number of nitrogens with one attached hydrogen (secondary N) is 2. The van der Waals surface area contributed by atoms with Crippen LogP contribution in [0.25, 0.3) is 0 Å². The number of halogens is 3. The quantitative estimate of drug-likeness (QED) is 0.170. The molecule has 4 aliphatic rings. The van der Waals surface area contributed by atoms with Crippen LogP contribution >= 0.6 is 11.8 Å². The molecule has 4 aliphatic heterocycles. The van der Waals surface area contributed by atoms with E-state index in [9.17, 15) is 28.3 Å². The maximum Gasteiger partial charge on any atom is 0.353 e. The van der Waals surface area contributed by atoms with Crippen LogP contribution in [0, 0.1) is 11.8 Å².